The molecule has 0 spiro atoms. The van der Waals surface area contributed by atoms with Crippen LogP contribution >= 0.6 is 0 Å². The molecule has 0 bridgehead atoms. The molecule has 0 saturated heterocycles. The largest absolute Gasteiger partial charge is 0.493 e. The third kappa shape index (κ3) is 4.53. The van der Waals surface area contributed by atoms with Crippen LogP contribution < -0.4 is 18.9 Å². The van der Waals surface area contributed by atoms with Gasteiger partial charge in [-0.3, -0.25) is 0 Å². The molecule has 0 N–H and O–H groups in total. The number of carbonyl (C=O) groups is 2. The van der Waals surface area contributed by atoms with Crippen LogP contribution in [0.1, 0.15) is 28.1 Å². The Hall–Kier alpha value is -3.42. The van der Waals surface area contributed by atoms with E-state index in [0.717, 1.165) is 0 Å². The summed E-state index contributed by atoms with van der Waals surface area (Å²) < 4.78 is 31.4. The highest BCUT2D eigenvalue weighted by Crippen LogP contribution is 2.46. The normalized spacial score (nSPS) is 9.72. The van der Waals surface area contributed by atoms with Gasteiger partial charge in [-0.25, -0.2) is 9.59 Å². The minimum atomic E-state index is -0.558. The minimum Gasteiger partial charge on any atom is -0.493 e. The predicted molar refractivity (Wildman–Crippen MR) is 107 cm³/mol. The van der Waals surface area contributed by atoms with Gasteiger partial charge in [0.1, 0.15) is 0 Å². The highest BCUT2D eigenvalue weighted by atomic mass is 16.5. The maximum absolute atomic E-state index is 12.1. The number of rotatable bonds is 7. The molecular weight excluding hydrogens is 380 g/mol. The molecule has 158 valence electrons. The van der Waals surface area contributed by atoms with Crippen molar-refractivity contribution in [3.8, 4) is 34.1 Å². The van der Waals surface area contributed by atoms with Gasteiger partial charge in [0.15, 0.2) is 23.0 Å². The van der Waals surface area contributed by atoms with Gasteiger partial charge in [0.25, 0.3) is 0 Å². The summed E-state index contributed by atoms with van der Waals surface area (Å²) >= 11 is 0. The number of carbonyl (C=O) groups excluding carboxylic acids is 2. The smallest absolute Gasteiger partial charge is 0.338 e. The van der Waals surface area contributed by atoms with Gasteiger partial charge in [0, 0.05) is 11.1 Å². The molecule has 0 atom stereocenters. The van der Waals surface area contributed by atoms with Crippen LogP contribution in [0.3, 0.4) is 0 Å². The number of hydrogen-bond donors (Lipinski definition) is 0. The Bertz CT molecular complexity index is 815. The molecule has 0 saturated carbocycles. The van der Waals surface area contributed by atoms with Gasteiger partial charge in [-0.1, -0.05) is 7.43 Å². The first-order valence-corrected chi connectivity index (χ1v) is 8.14. The summed E-state index contributed by atoms with van der Waals surface area (Å²) in [6.07, 6.45) is 0. The van der Waals surface area contributed by atoms with Crippen molar-refractivity contribution in [1.29, 1.82) is 0 Å². The Balaban J connectivity index is 0.00000420. The highest BCUT2D eigenvalue weighted by Gasteiger charge is 2.24. The van der Waals surface area contributed by atoms with E-state index in [1.165, 1.54) is 54.8 Å². The molecule has 8 nitrogen and oxygen atoms in total. The van der Waals surface area contributed by atoms with Gasteiger partial charge in [-0.05, 0) is 24.3 Å². The lowest BCUT2D eigenvalue weighted by atomic mass is 9.97. The molecule has 29 heavy (non-hydrogen) atoms. The quantitative estimate of drug-likeness (QED) is 0.645. The molecule has 2 rings (SSSR count). The van der Waals surface area contributed by atoms with Gasteiger partial charge < -0.3 is 28.4 Å². The van der Waals surface area contributed by atoms with Gasteiger partial charge in [-0.15, -0.1) is 0 Å². The van der Waals surface area contributed by atoms with E-state index >= 15 is 0 Å². The summed E-state index contributed by atoms with van der Waals surface area (Å²) in [5.41, 5.74) is 1.37. The van der Waals surface area contributed by atoms with Gasteiger partial charge in [0.05, 0.1) is 53.8 Å². The Kier molecular flexibility index (Phi) is 8.32. The first kappa shape index (κ1) is 23.6. The van der Waals surface area contributed by atoms with E-state index in [2.05, 4.69) is 0 Å². The number of benzene rings is 2. The van der Waals surface area contributed by atoms with E-state index in [1.54, 1.807) is 12.1 Å². The molecule has 2 aromatic carbocycles. The van der Waals surface area contributed by atoms with Crippen LogP contribution in [0.5, 0.6) is 23.0 Å². The van der Waals surface area contributed by atoms with Crippen LogP contribution in [-0.4, -0.2) is 54.6 Å². The van der Waals surface area contributed by atoms with Crippen LogP contribution in [0.2, 0.25) is 0 Å². The maximum Gasteiger partial charge on any atom is 0.338 e. The fourth-order valence-electron chi connectivity index (χ4n) is 2.80. The molecule has 2 aromatic rings. The van der Waals surface area contributed by atoms with E-state index in [0.29, 0.717) is 34.1 Å². The Morgan fingerprint density at radius 1 is 0.586 bits per heavy atom. The average Bonchev–Trinajstić information content (AvgIpc) is 2.75. The summed E-state index contributed by atoms with van der Waals surface area (Å²) in [6.45, 7) is 0. The molecule has 0 aliphatic rings. The molecule has 0 unspecified atom stereocenters. The van der Waals surface area contributed by atoms with E-state index in [4.69, 9.17) is 28.4 Å². The molecule has 0 fully saturated rings. The van der Waals surface area contributed by atoms with Gasteiger partial charge in [0.2, 0.25) is 0 Å². The molecule has 0 aliphatic heterocycles. The zero-order chi connectivity index (χ0) is 20.8. The second-order valence-corrected chi connectivity index (χ2v) is 5.50. The lowest BCUT2D eigenvalue weighted by Crippen LogP contribution is -2.06. The molecule has 0 aliphatic carbocycles. The third-order valence-corrected chi connectivity index (χ3v) is 4.09. The van der Waals surface area contributed by atoms with Crippen molar-refractivity contribution in [3.05, 3.63) is 35.4 Å². The summed E-state index contributed by atoms with van der Waals surface area (Å²) in [5.74, 6) is 0.194. The number of methoxy groups -OCH3 is 6. The fraction of sp³-hybridized carbons (Fsp3) is 0.333. The molecule has 0 aromatic heterocycles. The summed E-state index contributed by atoms with van der Waals surface area (Å²) in [6, 6.07) is 6.13. The SMILES string of the molecule is C.COC(=O)c1cc(OC)c(OC)c(-c2cc(C(=O)OC)cc(OC)c2OC)c1. The van der Waals surface area contributed by atoms with Crippen LogP contribution in [0.25, 0.3) is 11.1 Å². The van der Waals surface area contributed by atoms with Crippen molar-refractivity contribution in [3.63, 3.8) is 0 Å². The third-order valence-electron chi connectivity index (χ3n) is 4.09. The van der Waals surface area contributed by atoms with Gasteiger partial charge in [-0.2, -0.15) is 0 Å². The number of esters is 2. The summed E-state index contributed by atoms with van der Waals surface area (Å²) in [4.78, 5) is 24.2. The fourth-order valence-corrected chi connectivity index (χ4v) is 2.80. The lowest BCUT2D eigenvalue weighted by Gasteiger charge is -2.19. The molecule has 0 radical (unpaired) electrons. The first-order chi connectivity index (χ1) is 13.4. The average molecular weight is 406 g/mol. The van der Waals surface area contributed by atoms with Crippen LogP contribution in [-0.2, 0) is 9.47 Å². The second kappa shape index (κ2) is 10.2. The first-order valence-electron chi connectivity index (χ1n) is 8.14. The Morgan fingerprint density at radius 2 is 0.931 bits per heavy atom. The van der Waals surface area contributed by atoms with Crippen molar-refractivity contribution in [2.75, 3.05) is 42.7 Å². The summed E-state index contributed by atoms with van der Waals surface area (Å²) in [7, 11) is 8.39. The molecular formula is C21H26O8. The monoisotopic (exact) mass is 406 g/mol. The van der Waals surface area contributed by atoms with Gasteiger partial charge >= 0.3 is 11.9 Å². The van der Waals surface area contributed by atoms with Crippen LogP contribution in [0.15, 0.2) is 24.3 Å². The maximum atomic E-state index is 12.1. The Morgan fingerprint density at radius 3 is 1.17 bits per heavy atom. The zero-order valence-corrected chi connectivity index (χ0v) is 16.6. The number of ether oxygens (including phenoxy) is 6. The van der Waals surface area contributed by atoms with Crippen molar-refractivity contribution in [2.24, 2.45) is 0 Å². The van der Waals surface area contributed by atoms with E-state index in [1.807, 2.05) is 0 Å². The van der Waals surface area contributed by atoms with Crippen molar-refractivity contribution in [2.45, 2.75) is 7.43 Å². The number of hydrogen-bond acceptors (Lipinski definition) is 8. The topological polar surface area (TPSA) is 89.5 Å². The van der Waals surface area contributed by atoms with Crippen molar-refractivity contribution >= 4 is 11.9 Å². The predicted octanol–water partition coefficient (Wildman–Crippen LogP) is 3.60. The standard InChI is InChI=1S/C20H22O8.CH4/c1-23-15-9-11(19(21)27-5)7-13(17(15)25-3)14-8-12(20(22)28-6)10-16(24-2)18(14)26-4;/h7-10H,1-6H3;1H4. The van der Waals surface area contributed by atoms with Crippen molar-refractivity contribution < 1.29 is 38.0 Å². The van der Waals surface area contributed by atoms with Crippen LogP contribution in [0.4, 0.5) is 0 Å². The van der Waals surface area contributed by atoms with E-state index in [-0.39, 0.29) is 18.6 Å². The molecule has 0 heterocycles. The molecule has 0 amide bonds. The zero-order valence-electron chi connectivity index (χ0n) is 16.6. The Labute approximate surface area is 170 Å². The van der Waals surface area contributed by atoms with Crippen LogP contribution in [0, 0.1) is 0 Å². The summed E-state index contributed by atoms with van der Waals surface area (Å²) in [5, 5.41) is 0. The highest BCUT2D eigenvalue weighted by molar-refractivity contribution is 5.97. The molecule has 8 heteroatoms. The van der Waals surface area contributed by atoms with E-state index < -0.39 is 11.9 Å². The lowest BCUT2D eigenvalue weighted by molar-refractivity contribution is 0.0591. The van der Waals surface area contributed by atoms with E-state index in [9.17, 15) is 9.59 Å². The van der Waals surface area contributed by atoms with Crippen molar-refractivity contribution in [1.82, 2.24) is 0 Å². The minimum absolute atomic E-state index is 0. The second-order valence-electron chi connectivity index (χ2n) is 5.50.